The maximum atomic E-state index is 10.7. The van der Waals surface area contributed by atoms with Crippen LogP contribution in [-0.2, 0) is 0 Å². The van der Waals surface area contributed by atoms with E-state index in [2.05, 4.69) is 22.6 Å². The van der Waals surface area contributed by atoms with Crippen molar-refractivity contribution < 1.29 is 4.79 Å². The van der Waals surface area contributed by atoms with E-state index < -0.39 is 5.24 Å². The maximum absolute atomic E-state index is 10.7. The first-order valence-corrected chi connectivity index (χ1v) is 4.59. The maximum Gasteiger partial charge on any atom is 0.253 e. The molecule has 0 bridgehead atoms. The van der Waals surface area contributed by atoms with E-state index in [9.17, 15) is 4.79 Å². The monoisotopic (exact) mass is 300 g/mol. The summed E-state index contributed by atoms with van der Waals surface area (Å²) in [6.07, 6.45) is 0. The van der Waals surface area contributed by atoms with Crippen molar-refractivity contribution in [3.05, 3.63) is 32.4 Å². The average molecular weight is 301 g/mol. The van der Waals surface area contributed by atoms with Crippen LogP contribution in [0.1, 0.15) is 10.4 Å². The third-order valence-electron chi connectivity index (χ3n) is 1.14. The van der Waals surface area contributed by atoms with E-state index in [0.717, 1.165) is 3.57 Å². The Morgan fingerprint density at radius 3 is 2.55 bits per heavy atom. The third kappa shape index (κ3) is 2.32. The van der Waals surface area contributed by atoms with E-state index in [4.69, 9.17) is 23.2 Å². The van der Waals surface area contributed by atoms with E-state index >= 15 is 0 Å². The third-order valence-corrected chi connectivity index (χ3v) is 2.33. The lowest BCUT2D eigenvalue weighted by molar-refractivity contribution is 0.108. The second-order valence-corrected chi connectivity index (χ2v) is 3.89. The summed E-state index contributed by atoms with van der Waals surface area (Å²) in [6.45, 7) is 0. The number of halogens is 3. The van der Waals surface area contributed by atoms with Gasteiger partial charge in [-0.1, -0.05) is 11.6 Å². The zero-order chi connectivity index (χ0) is 8.43. The van der Waals surface area contributed by atoms with E-state index in [1.54, 1.807) is 18.2 Å². The zero-order valence-corrected chi connectivity index (χ0v) is 8.94. The minimum Gasteiger partial charge on any atom is -0.276 e. The van der Waals surface area contributed by atoms with Crippen LogP contribution in [0.4, 0.5) is 0 Å². The zero-order valence-electron chi connectivity index (χ0n) is 5.27. The highest BCUT2D eigenvalue weighted by Gasteiger charge is 2.06. The minimum absolute atomic E-state index is 0.355. The topological polar surface area (TPSA) is 17.1 Å². The molecule has 1 rings (SSSR count). The van der Waals surface area contributed by atoms with Crippen molar-refractivity contribution in [3.63, 3.8) is 0 Å². The number of rotatable bonds is 1. The van der Waals surface area contributed by atoms with Crippen LogP contribution in [-0.4, -0.2) is 5.24 Å². The molecule has 0 saturated carbocycles. The first kappa shape index (κ1) is 9.29. The van der Waals surface area contributed by atoms with Crippen molar-refractivity contribution in [1.29, 1.82) is 0 Å². The second-order valence-electron chi connectivity index (χ2n) is 1.90. The predicted molar refractivity (Wildman–Crippen MR) is 54.4 cm³/mol. The largest absolute Gasteiger partial charge is 0.276 e. The first-order chi connectivity index (χ1) is 5.11. The molecular formula is C7H3Cl2IO. The summed E-state index contributed by atoms with van der Waals surface area (Å²) in [5, 5.41) is -0.122. The van der Waals surface area contributed by atoms with Crippen LogP contribution in [0.5, 0.6) is 0 Å². The van der Waals surface area contributed by atoms with E-state index in [-0.39, 0.29) is 0 Å². The molecule has 0 heterocycles. The molecule has 0 aromatic heterocycles. The molecule has 0 aliphatic rings. The van der Waals surface area contributed by atoms with Gasteiger partial charge in [-0.15, -0.1) is 0 Å². The van der Waals surface area contributed by atoms with Crippen molar-refractivity contribution in [2.24, 2.45) is 0 Å². The lowest BCUT2D eigenvalue weighted by Crippen LogP contribution is -1.89. The van der Waals surface area contributed by atoms with Crippen LogP contribution in [0, 0.1) is 3.57 Å². The summed E-state index contributed by atoms with van der Waals surface area (Å²) >= 11 is 13.1. The molecule has 0 saturated heterocycles. The van der Waals surface area contributed by atoms with E-state index in [0.29, 0.717) is 10.6 Å². The highest BCUT2D eigenvalue weighted by atomic mass is 127. The Morgan fingerprint density at radius 2 is 2.09 bits per heavy atom. The number of benzene rings is 1. The number of hydrogen-bond acceptors (Lipinski definition) is 1. The predicted octanol–water partition coefficient (Wildman–Crippen LogP) is 3.32. The summed E-state index contributed by atoms with van der Waals surface area (Å²) in [7, 11) is 0. The molecule has 0 radical (unpaired) electrons. The summed E-state index contributed by atoms with van der Waals surface area (Å²) in [5.74, 6) is 0. The van der Waals surface area contributed by atoms with Gasteiger partial charge in [0.2, 0.25) is 0 Å². The quantitative estimate of drug-likeness (QED) is 0.574. The van der Waals surface area contributed by atoms with E-state index in [1.807, 2.05) is 0 Å². The molecular weight excluding hydrogens is 298 g/mol. The Bertz CT molecular complexity index is 298. The van der Waals surface area contributed by atoms with Crippen molar-refractivity contribution in [2.75, 3.05) is 0 Å². The van der Waals surface area contributed by atoms with Gasteiger partial charge in [0, 0.05) is 3.57 Å². The van der Waals surface area contributed by atoms with Crippen LogP contribution < -0.4 is 0 Å². The average Bonchev–Trinajstić information content (AvgIpc) is 1.85. The molecule has 1 nitrogen and oxygen atoms in total. The molecule has 0 fully saturated rings. The van der Waals surface area contributed by atoms with Crippen molar-refractivity contribution in [3.8, 4) is 0 Å². The molecule has 4 heteroatoms. The highest BCUT2D eigenvalue weighted by Crippen LogP contribution is 2.20. The van der Waals surface area contributed by atoms with E-state index in [1.165, 1.54) is 0 Å². The van der Waals surface area contributed by atoms with Gasteiger partial charge in [0.25, 0.3) is 5.24 Å². The van der Waals surface area contributed by atoms with Gasteiger partial charge in [-0.25, -0.2) is 0 Å². The van der Waals surface area contributed by atoms with Gasteiger partial charge in [-0.2, -0.15) is 0 Å². The van der Waals surface area contributed by atoms with Crippen molar-refractivity contribution >= 4 is 51.0 Å². The molecule has 11 heavy (non-hydrogen) atoms. The van der Waals surface area contributed by atoms with Gasteiger partial charge >= 0.3 is 0 Å². The van der Waals surface area contributed by atoms with Gasteiger partial charge in [0.15, 0.2) is 0 Å². The van der Waals surface area contributed by atoms with Crippen LogP contribution in [0.3, 0.4) is 0 Å². The van der Waals surface area contributed by atoms with Gasteiger partial charge in [0.05, 0.1) is 10.6 Å². The summed E-state index contributed by atoms with van der Waals surface area (Å²) in [6, 6.07) is 5.08. The highest BCUT2D eigenvalue weighted by molar-refractivity contribution is 14.1. The number of hydrogen-bond donors (Lipinski definition) is 0. The van der Waals surface area contributed by atoms with Crippen LogP contribution in [0.2, 0.25) is 5.02 Å². The Balaban J connectivity index is 3.20. The molecule has 0 atom stereocenters. The Morgan fingerprint density at radius 1 is 1.45 bits per heavy atom. The molecule has 0 unspecified atom stereocenters. The van der Waals surface area contributed by atoms with Crippen LogP contribution in [0.15, 0.2) is 18.2 Å². The first-order valence-electron chi connectivity index (χ1n) is 2.76. The van der Waals surface area contributed by atoms with Gasteiger partial charge < -0.3 is 0 Å². The molecule has 0 amide bonds. The molecule has 1 aromatic rings. The second kappa shape index (κ2) is 3.74. The van der Waals surface area contributed by atoms with Crippen molar-refractivity contribution in [2.45, 2.75) is 0 Å². The molecule has 0 spiro atoms. The Labute approximate surface area is 87.8 Å². The Hall–Kier alpha value is 0.200. The number of carbonyl (C=O) groups excluding carboxylic acids is 1. The summed E-state index contributed by atoms with van der Waals surface area (Å²) < 4.78 is 0.981. The van der Waals surface area contributed by atoms with Gasteiger partial charge in [-0.05, 0) is 52.4 Å². The number of carbonyl (C=O) groups is 1. The molecule has 1 aromatic carbocycles. The lowest BCUT2D eigenvalue weighted by atomic mass is 10.2. The Kier molecular flexibility index (Phi) is 3.16. The normalized spacial score (nSPS) is 9.73. The molecule has 0 aliphatic carbocycles. The lowest BCUT2D eigenvalue weighted by Gasteiger charge is -1.97. The fourth-order valence-corrected chi connectivity index (χ4v) is 1.80. The standard InChI is InChI=1S/C7H3Cl2IO/c8-6-3-4(10)1-2-5(6)7(9)11/h1-3H. The van der Waals surface area contributed by atoms with Crippen molar-refractivity contribution in [1.82, 2.24) is 0 Å². The fraction of sp³-hybridized carbons (Fsp3) is 0. The van der Waals surface area contributed by atoms with Gasteiger partial charge in [0.1, 0.15) is 0 Å². The molecule has 0 aliphatic heterocycles. The van der Waals surface area contributed by atoms with Gasteiger partial charge in [-0.3, -0.25) is 4.79 Å². The SMILES string of the molecule is O=C(Cl)c1ccc(I)cc1Cl. The van der Waals surface area contributed by atoms with Crippen LogP contribution in [0.25, 0.3) is 0 Å². The fourth-order valence-electron chi connectivity index (χ4n) is 0.649. The minimum atomic E-state index is -0.522. The summed E-state index contributed by atoms with van der Waals surface area (Å²) in [4.78, 5) is 10.7. The smallest absolute Gasteiger partial charge is 0.253 e. The van der Waals surface area contributed by atoms with Crippen LogP contribution >= 0.6 is 45.8 Å². The molecule has 58 valence electrons. The molecule has 0 N–H and O–H groups in total. The summed E-state index contributed by atoms with van der Waals surface area (Å²) in [5.41, 5.74) is 0.355.